The van der Waals surface area contributed by atoms with E-state index in [0.29, 0.717) is 5.82 Å². The number of pyridine rings is 1. The molecule has 1 aliphatic rings. The molecule has 1 unspecified atom stereocenters. The van der Waals surface area contributed by atoms with Crippen molar-refractivity contribution in [1.82, 2.24) is 20.1 Å². The van der Waals surface area contributed by atoms with Crippen LogP contribution in [0.1, 0.15) is 40.0 Å². The third kappa shape index (κ3) is 4.53. The van der Waals surface area contributed by atoms with Crippen LogP contribution in [0.25, 0.3) is 5.82 Å². The smallest absolute Gasteiger partial charge is 0.287 e. The minimum Gasteiger partial charge on any atom is -0.363 e. The molecule has 2 amide bonds. The number of aromatic nitrogens is 3. The number of benzene rings is 1. The number of rotatable bonds is 7. The largest absolute Gasteiger partial charge is 0.363 e. The molecule has 1 aliphatic carbocycles. The van der Waals surface area contributed by atoms with Gasteiger partial charge in [-0.2, -0.15) is 5.10 Å². The van der Waals surface area contributed by atoms with Gasteiger partial charge in [0, 0.05) is 18.8 Å². The van der Waals surface area contributed by atoms with Gasteiger partial charge in [0.2, 0.25) is 5.78 Å². The van der Waals surface area contributed by atoms with Crippen LogP contribution in [0.2, 0.25) is 0 Å². The molecule has 8 nitrogen and oxygen atoms in total. The Hall–Kier alpha value is -3.81. The summed E-state index contributed by atoms with van der Waals surface area (Å²) in [7, 11) is 0. The quantitative estimate of drug-likeness (QED) is 0.565. The highest BCUT2D eigenvalue weighted by atomic mass is 16.2. The van der Waals surface area contributed by atoms with Crippen molar-refractivity contribution in [3.05, 3.63) is 77.2 Å². The Labute approximate surface area is 179 Å². The molecule has 1 aromatic carbocycles. The molecular formula is C23H23N5O3. The lowest BCUT2D eigenvalue weighted by atomic mass is 9.99. The number of fused-ring (bicyclic) bond motifs is 1. The molecule has 0 fully saturated rings. The molecule has 0 saturated heterocycles. The third-order valence-electron chi connectivity index (χ3n) is 5.38. The van der Waals surface area contributed by atoms with E-state index < -0.39 is 23.6 Å². The lowest BCUT2D eigenvalue weighted by molar-refractivity contribution is -0.137. The van der Waals surface area contributed by atoms with Crippen molar-refractivity contribution in [2.45, 2.75) is 38.1 Å². The predicted octanol–water partition coefficient (Wildman–Crippen LogP) is 1.54. The van der Waals surface area contributed by atoms with E-state index in [4.69, 9.17) is 5.73 Å². The zero-order valence-electron chi connectivity index (χ0n) is 17.0. The van der Waals surface area contributed by atoms with Gasteiger partial charge in [-0.15, -0.1) is 0 Å². The van der Waals surface area contributed by atoms with Crippen LogP contribution in [0.3, 0.4) is 0 Å². The topological polar surface area (TPSA) is 120 Å². The lowest BCUT2D eigenvalue weighted by Gasteiger charge is -2.17. The fourth-order valence-corrected chi connectivity index (χ4v) is 3.80. The van der Waals surface area contributed by atoms with Crippen LogP contribution >= 0.6 is 0 Å². The van der Waals surface area contributed by atoms with Gasteiger partial charge in [-0.05, 0) is 48.9 Å². The number of nitrogens with one attached hydrogen (secondary N) is 1. The minimum atomic E-state index is -1.09. The molecule has 0 saturated carbocycles. The van der Waals surface area contributed by atoms with Gasteiger partial charge in [-0.25, -0.2) is 9.67 Å². The number of amides is 2. The predicted molar refractivity (Wildman–Crippen MR) is 114 cm³/mol. The van der Waals surface area contributed by atoms with Gasteiger partial charge >= 0.3 is 0 Å². The van der Waals surface area contributed by atoms with Crippen LogP contribution in [0.5, 0.6) is 0 Å². The number of hydrogen-bond donors (Lipinski definition) is 2. The van der Waals surface area contributed by atoms with E-state index in [-0.39, 0.29) is 12.0 Å². The van der Waals surface area contributed by atoms with Gasteiger partial charge in [0.15, 0.2) is 5.82 Å². The van der Waals surface area contributed by atoms with E-state index in [1.54, 1.807) is 23.0 Å². The molecule has 2 heterocycles. The van der Waals surface area contributed by atoms with Gasteiger partial charge in [-0.1, -0.05) is 30.3 Å². The van der Waals surface area contributed by atoms with Crippen molar-refractivity contribution >= 4 is 17.6 Å². The summed E-state index contributed by atoms with van der Waals surface area (Å²) in [5.41, 5.74) is 8.46. The number of hydrogen-bond acceptors (Lipinski definition) is 5. The van der Waals surface area contributed by atoms with Crippen molar-refractivity contribution in [3.63, 3.8) is 0 Å². The van der Waals surface area contributed by atoms with Crippen molar-refractivity contribution in [1.29, 1.82) is 0 Å². The standard InChI is InChI=1S/C23H23N5O3/c24-21(30)20(29)19(13-15-7-2-1-3-8-15)26-23(31)17-10-6-12-25-22(17)28-14-16-9-4-5-11-18(16)27-28/h1-3,6-8,10,12,14,19H,4-5,9,11,13H2,(H2,24,30)(H,26,31). The monoisotopic (exact) mass is 417 g/mol. The van der Waals surface area contributed by atoms with Gasteiger partial charge in [0.25, 0.3) is 11.8 Å². The number of primary amides is 1. The Morgan fingerprint density at radius 2 is 1.84 bits per heavy atom. The second kappa shape index (κ2) is 8.91. The molecule has 3 aromatic rings. The Bertz CT molecular complexity index is 1100. The normalized spacial score (nSPS) is 13.8. The van der Waals surface area contributed by atoms with Crippen LogP contribution in [0, 0.1) is 0 Å². The summed E-state index contributed by atoms with van der Waals surface area (Å²) in [4.78, 5) is 41.4. The Balaban J connectivity index is 1.61. The van der Waals surface area contributed by atoms with Crippen molar-refractivity contribution in [3.8, 4) is 5.82 Å². The molecule has 8 heteroatoms. The van der Waals surface area contributed by atoms with Crippen LogP contribution in [0.15, 0.2) is 54.9 Å². The van der Waals surface area contributed by atoms with Crippen LogP contribution < -0.4 is 11.1 Å². The van der Waals surface area contributed by atoms with Crippen molar-refractivity contribution in [2.24, 2.45) is 5.73 Å². The number of nitrogens with two attached hydrogens (primary N) is 1. The van der Waals surface area contributed by atoms with Gasteiger partial charge in [0.1, 0.15) is 6.04 Å². The fraction of sp³-hybridized carbons (Fsp3) is 0.261. The Kier molecular flexibility index (Phi) is 5.88. The summed E-state index contributed by atoms with van der Waals surface area (Å²) in [5, 5.41) is 7.27. The van der Waals surface area contributed by atoms with Crippen LogP contribution in [0.4, 0.5) is 0 Å². The highest BCUT2D eigenvalue weighted by molar-refractivity contribution is 6.38. The molecule has 0 aliphatic heterocycles. The van der Waals surface area contributed by atoms with Crippen LogP contribution in [-0.2, 0) is 28.9 Å². The lowest BCUT2D eigenvalue weighted by Crippen LogP contribution is -2.47. The molecule has 0 bridgehead atoms. The molecule has 0 radical (unpaired) electrons. The number of aryl methyl sites for hydroxylation is 2. The maximum atomic E-state index is 13.1. The molecule has 1 atom stereocenters. The van der Waals surface area contributed by atoms with E-state index in [1.165, 1.54) is 0 Å². The van der Waals surface area contributed by atoms with E-state index in [1.807, 2.05) is 36.5 Å². The average molecular weight is 417 g/mol. The first-order valence-corrected chi connectivity index (χ1v) is 10.2. The number of carbonyl (C=O) groups is 3. The summed E-state index contributed by atoms with van der Waals surface area (Å²) < 4.78 is 1.62. The Morgan fingerprint density at radius 3 is 2.58 bits per heavy atom. The first-order valence-electron chi connectivity index (χ1n) is 10.2. The summed E-state index contributed by atoms with van der Waals surface area (Å²) in [6, 6.07) is 11.3. The van der Waals surface area contributed by atoms with Gasteiger partial charge in [0.05, 0.1) is 11.3 Å². The summed E-state index contributed by atoms with van der Waals surface area (Å²) in [6.45, 7) is 0. The van der Waals surface area contributed by atoms with E-state index in [2.05, 4.69) is 15.4 Å². The fourth-order valence-electron chi connectivity index (χ4n) is 3.80. The second-order valence-electron chi connectivity index (χ2n) is 7.57. The van der Waals surface area contributed by atoms with Crippen molar-refractivity contribution in [2.75, 3.05) is 0 Å². The zero-order valence-corrected chi connectivity index (χ0v) is 17.0. The van der Waals surface area contributed by atoms with E-state index >= 15 is 0 Å². The molecule has 31 heavy (non-hydrogen) atoms. The average Bonchev–Trinajstić information content (AvgIpc) is 3.23. The maximum Gasteiger partial charge on any atom is 0.287 e. The number of carbonyl (C=O) groups excluding carboxylic acids is 3. The summed E-state index contributed by atoms with van der Waals surface area (Å²) in [5.74, 6) is -2.09. The zero-order chi connectivity index (χ0) is 21.8. The third-order valence-corrected chi connectivity index (χ3v) is 5.38. The summed E-state index contributed by atoms with van der Waals surface area (Å²) in [6.07, 6.45) is 7.71. The van der Waals surface area contributed by atoms with Gasteiger partial charge < -0.3 is 11.1 Å². The van der Waals surface area contributed by atoms with Crippen molar-refractivity contribution < 1.29 is 14.4 Å². The maximum absolute atomic E-state index is 13.1. The Morgan fingerprint density at radius 1 is 1.06 bits per heavy atom. The van der Waals surface area contributed by atoms with Gasteiger partial charge in [-0.3, -0.25) is 14.4 Å². The number of nitrogens with zero attached hydrogens (tertiary/aromatic N) is 3. The molecule has 3 N–H and O–H groups in total. The molecular weight excluding hydrogens is 394 g/mol. The number of Topliss-reactive ketones (excluding diaryl/α,β-unsaturated/α-hetero) is 1. The highest BCUT2D eigenvalue weighted by Gasteiger charge is 2.27. The van der Waals surface area contributed by atoms with E-state index in [9.17, 15) is 14.4 Å². The number of ketones is 1. The first-order chi connectivity index (χ1) is 15.0. The highest BCUT2D eigenvalue weighted by Crippen LogP contribution is 2.22. The second-order valence-corrected chi connectivity index (χ2v) is 7.57. The first kappa shape index (κ1) is 20.5. The SMILES string of the molecule is NC(=O)C(=O)C(Cc1ccccc1)NC(=O)c1cccnc1-n1cc2c(n1)CCCC2. The minimum absolute atomic E-state index is 0.153. The molecule has 0 spiro atoms. The van der Waals surface area contributed by atoms with Crippen LogP contribution in [-0.4, -0.2) is 38.4 Å². The molecule has 2 aromatic heterocycles. The summed E-state index contributed by atoms with van der Waals surface area (Å²) >= 11 is 0. The van der Waals surface area contributed by atoms with E-state index in [0.717, 1.165) is 42.5 Å². The molecule has 158 valence electrons. The molecule has 4 rings (SSSR count).